The lowest BCUT2D eigenvalue weighted by atomic mass is 10.2. The number of benzene rings is 1. The van der Waals surface area contributed by atoms with E-state index in [2.05, 4.69) is 10.6 Å². The molecule has 0 spiro atoms. The molecule has 0 heterocycles. The Kier molecular flexibility index (Phi) is 5.07. The fraction of sp³-hybridized carbons (Fsp3) is 0.467. The molecule has 6 heteroatoms. The van der Waals surface area contributed by atoms with Crippen LogP contribution < -0.4 is 15.5 Å². The molecule has 2 rings (SSSR count). The summed E-state index contributed by atoms with van der Waals surface area (Å²) in [5.74, 6) is -0.0840. The van der Waals surface area contributed by atoms with E-state index < -0.39 is 0 Å². The second kappa shape index (κ2) is 6.80. The normalized spacial score (nSPS) is 13.7. The van der Waals surface area contributed by atoms with E-state index in [0.717, 1.165) is 24.1 Å². The number of nitrogens with zero attached hydrogens (tertiary/aromatic N) is 1. The third-order valence-electron chi connectivity index (χ3n) is 3.38. The van der Waals surface area contributed by atoms with Gasteiger partial charge in [0.2, 0.25) is 5.91 Å². The van der Waals surface area contributed by atoms with E-state index in [1.54, 1.807) is 11.0 Å². The molecule has 114 valence electrons. The van der Waals surface area contributed by atoms with Crippen molar-refractivity contribution in [1.29, 1.82) is 0 Å². The van der Waals surface area contributed by atoms with Crippen LogP contribution in [0.2, 0.25) is 5.02 Å². The van der Waals surface area contributed by atoms with Gasteiger partial charge >= 0.3 is 6.03 Å². The SMILES string of the molecule is CC(=O)N(CCNC(=O)NC1CC1)c1ccc(C)c(Cl)c1. The van der Waals surface area contributed by atoms with Gasteiger partial charge in [0.25, 0.3) is 0 Å². The highest BCUT2D eigenvalue weighted by atomic mass is 35.5. The Morgan fingerprint density at radius 2 is 2.10 bits per heavy atom. The fourth-order valence-electron chi connectivity index (χ4n) is 1.96. The minimum atomic E-state index is -0.178. The zero-order valence-electron chi connectivity index (χ0n) is 12.3. The Balaban J connectivity index is 1.90. The number of amides is 3. The molecule has 21 heavy (non-hydrogen) atoms. The molecule has 5 nitrogen and oxygen atoms in total. The number of carbonyl (C=O) groups excluding carboxylic acids is 2. The van der Waals surface area contributed by atoms with Gasteiger partial charge in [-0.1, -0.05) is 17.7 Å². The molecule has 0 unspecified atom stereocenters. The summed E-state index contributed by atoms with van der Waals surface area (Å²) in [7, 11) is 0. The van der Waals surface area contributed by atoms with Crippen molar-refractivity contribution in [2.45, 2.75) is 32.7 Å². The summed E-state index contributed by atoms with van der Waals surface area (Å²) in [6.07, 6.45) is 2.10. The molecular formula is C15H20ClN3O2. The van der Waals surface area contributed by atoms with Crippen LogP contribution in [0.25, 0.3) is 0 Å². The van der Waals surface area contributed by atoms with Crippen molar-refractivity contribution in [3.63, 3.8) is 0 Å². The number of hydrogen-bond donors (Lipinski definition) is 2. The summed E-state index contributed by atoms with van der Waals surface area (Å²) in [6.45, 7) is 4.21. The number of halogens is 1. The zero-order valence-corrected chi connectivity index (χ0v) is 13.0. The predicted octanol–water partition coefficient (Wildman–Crippen LogP) is 2.46. The fourth-order valence-corrected chi connectivity index (χ4v) is 2.14. The Hall–Kier alpha value is -1.75. The molecule has 0 radical (unpaired) electrons. The molecule has 0 saturated heterocycles. The highest BCUT2D eigenvalue weighted by Crippen LogP contribution is 2.23. The van der Waals surface area contributed by atoms with Crippen LogP contribution in [0, 0.1) is 6.92 Å². The van der Waals surface area contributed by atoms with Crippen molar-refractivity contribution in [1.82, 2.24) is 10.6 Å². The smallest absolute Gasteiger partial charge is 0.315 e. The van der Waals surface area contributed by atoms with Gasteiger partial charge in [-0.15, -0.1) is 0 Å². The minimum absolute atomic E-state index is 0.0840. The summed E-state index contributed by atoms with van der Waals surface area (Å²) in [5, 5.41) is 6.22. The van der Waals surface area contributed by atoms with Gasteiger partial charge in [0.1, 0.15) is 0 Å². The molecule has 0 bridgehead atoms. The van der Waals surface area contributed by atoms with Crippen molar-refractivity contribution in [2.75, 3.05) is 18.0 Å². The minimum Gasteiger partial charge on any atom is -0.336 e. The van der Waals surface area contributed by atoms with Crippen LogP contribution in [0.15, 0.2) is 18.2 Å². The van der Waals surface area contributed by atoms with Gasteiger partial charge in [0, 0.05) is 36.8 Å². The quantitative estimate of drug-likeness (QED) is 0.877. The predicted molar refractivity (Wildman–Crippen MR) is 83.8 cm³/mol. The van der Waals surface area contributed by atoms with Crippen LogP contribution in [-0.4, -0.2) is 31.1 Å². The van der Waals surface area contributed by atoms with Crippen molar-refractivity contribution >= 4 is 29.2 Å². The van der Waals surface area contributed by atoms with Gasteiger partial charge in [0.15, 0.2) is 0 Å². The molecule has 1 saturated carbocycles. The standard InChI is InChI=1S/C15H20ClN3O2/c1-10-3-6-13(9-14(10)16)19(11(2)20)8-7-17-15(21)18-12-4-5-12/h3,6,9,12H,4-5,7-8H2,1-2H3,(H2,17,18,21). The van der Waals surface area contributed by atoms with Gasteiger partial charge in [-0.25, -0.2) is 4.79 Å². The molecule has 1 aliphatic rings. The number of carbonyl (C=O) groups is 2. The van der Waals surface area contributed by atoms with Crippen molar-refractivity contribution < 1.29 is 9.59 Å². The lowest BCUT2D eigenvalue weighted by Crippen LogP contribution is -2.42. The summed E-state index contributed by atoms with van der Waals surface area (Å²) >= 11 is 6.09. The van der Waals surface area contributed by atoms with Crippen molar-refractivity contribution in [3.05, 3.63) is 28.8 Å². The topological polar surface area (TPSA) is 61.4 Å². The van der Waals surface area contributed by atoms with Crippen molar-refractivity contribution in [2.24, 2.45) is 0 Å². The largest absolute Gasteiger partial charge is 0.336 e. The van der Waals surface area contributed by atoms with E-state index in [4.69, 9.17) is 11.6 Å². The Morgan fingerprint density at radius 3 is 2.67 bits per heavy atom. The van der Waals surface area contributed by atoms with Gasteiger partial charge < -0.3 is 15.5 Å². The summed E-state index contributed by atoms with van der Waals surface area (Å²) < 4.78 is 0. The highest BCUT2D eigenvalue weighted by Gasteiger charge is 2.23. The summed E-state index contributed by atoms with van der Waals surface area (Å²) in [6, 6.07) is 5.64. The first kappa shape index (κ1) is 15.6. The molecule has 3 amide bonds. The first-order valence-electron chi connectivity index (χ1n) is 7.06. The number of nitrogens with one attached hydrogen (secondary N) is 2. The molecule has 1 fully saturated rings. The van der Waals surface area contributed by atoms with Crippen LogP contribution in [0.5, 0.6) is 0 Å². The van der Waals surface area contributed by atoms with Crippen LogP contribution in [0.3, 0.4) is 0 Å². The van der Waals surface area contributed by atoms with Gasteiger partial charge in [0.05, 0.1) is 0 Å². The second-order valence-electron chi connectivity index (χ2n) is 5.28. The van der Waals surface area contributed by atoms with E-state index in [9.17, 15) is 9.59 Å². The number of urea groups is 1. The number of aryl methyl sites for hydroxylation is 1. The van der Waals surface area contributed by atoms with E-state index in [1.165, 1.54) is 6.92 Å². The maximum Gasteiger partial charge on any atom is 0.315 e. The number of anilines is 1. The first-order chi connectivity index (χ1) is 9.97. The molecule has 0 aromatic heterocycles. The van der Waals surface area contributed by atoms with Crippen LogP contribution in [-0.2, 0) is 4.79 Å². The molecular weight excluding hydrogens is 290 g/mol. The Labute approximate surface area is 129 Å². The van der Waals surface area contributed by atoms with E-state index in [1.807, 2.05) is 19.1 Å². The first-order valence-corrected chi connectivity index (χ1v) is 7.44. The van der Waals surface area contributed by atoms with Gasteiger partial charge in [-0.2, -0.15) is 0 Å². The molecule has 1 aromatic rings. The Morgan fingerprint density at radius 1 is 1.38 bits per heavy atom. The van der Waals surface area contributed by atoms with Gasteiger partial charge in [-0.05, 0) is 37.5 Å². The van der Waals surface area contributed by atoms with E-state index in [-0.39, 0.29) is 11.9 Å². The number of hydrogen-bond acceptors (Lipinski definition) is 2. The summed E-state index contributed by atoms with van der Waals surface area (Å²) in [4.78, 5) is 24.9. The monoisotopic (exact) mass is 309 g/mol. The molecule has 1 aromatic carbocycles. The third kappa shape index (κ3) is 4.63. The third-order valence-corrected chi connectivity index (χ3v) is 3.79. The van der Waals surface area contributed by atoms with E-state index >= 15 is 0 Å². The molecule has 0 atom stereocenters. The lowest BCUT2D eigenvalue weighted by Gasteiger charge is -2.22. The maximum absolute atomic E-state index is 11.8. The Bertz CT molecular complexity index is 544. The lowest BCUT2D eigenvalue weighted by molar-refractivity contribution is -0.116. The zero-order chi connectivity index (χ0) is 15.4. The van der Waals surface area contributed by atoms with Gasteiger partial charge in [-0.3, -0.25) is 4.79 Å². The van der Waals surface area contributed by atoms with Crippen LogP contribution >= 0.6 is 11.6 Å². The van der Waals surface area contributed by atoms with Crippen LogP contribution in [0.1, 0.15) is 25.3 Å². The second-order valence-corrected chi connectivity index (χ2v) is 5.69. The summed E-state index contributed by atoms with van der Waals surface area (Å²) in [5.41, 5.74) is 1.70. The average molecular weight is 310 g/mol. The molecule has 1 aliphatic carbocycles. The molecule has 2 N–H and O–H groups in total. The molecule has 0 aliphatic heterocycles. The maximum atomic E-state index is 11.8. The highest BCUT2D eigenvalue weighted by molar-refractivity contribution is 6.31. The average Bonchev–Trinajstić information content (AvgIpc) is 3.21. The van der Waals surface area contributed by atoms with Crippen LogP contribution in [0.4, 0.5) is 10.5 Å². The van der Waals surface area contributed by atoms with E-state index in [0.29, 0.717) is 24.2 Å². The number of rotatable bonds is 5. The van der Waals surface area contributed by atoms with Crippen molar-refractivity contribution in [3.8, 4) is 0 Å².